The molecule has 0 spiro atoms. The van der Waals surface area contributed by atoms with Crippen molar-refractivity contribution in [3.05, 3.63) is 0 Å². The summed E-state index contributed by atoms with van der Waals surface area (Å²) in [5, 5.41) is 12.7. The van der Waals surface area contributed by atoms with Crippen LogP contribution in [0.2, 0.25) is 0 Å². The minimum Gasteiger partial charge on any atom is -0.367 e. The van der Waals surface area contributed by atoms with Crippen LogP contribution in [0.1, 0.15) is 26.7 Å². The topological polar surface area (TPSA) is 41.5 Å². The van der Waals surface area contributed by atoms with Gasteiger partial charge in [-0.1, -0.05) is 13.8 Å². The van der Waals surface area contributed by atoms with Crippen LogP contribution in [0, 0.1) is 11.8 Å². The number of methoxy groups -OCH3 is 1. The Balaban J connectivity index is 2.30. The summed E-state index contributed by atoms with van der Waals surface area (Å²) in [6.45, 7) is 5.50. The summed E-state index contributed by atoms with van der Waals surface area (Å²) in [7, 11) is 1.54. The van der Waals surface area contributed by atoms with Crippen molar-refractivity contribution >= 4 is 0 Å². The van der Waals surface area contributed by atoms with Crippen molar-refractivity contribution in [2.45, 2.75) is 39.0 Å². The third-order valence-corrected chi connectivity index (χ3v) is 3.02. The van der Waals surface area contributed by atoms with Gasteiger partial charge in [-0.25, -0.2) is 0 Å². The summed E-state index contributed by atoms with van der Waals surface area (Å²) in [5.74, 6) is 1.48. The zero-order chi connectivity index (χ0) is 9.84. The second kappa shape index (κ2) is 4.94. The predicted octanol–water partition coefficient (Wildman–Crippen LogP) is 0.975. The Morgan fingerprint density at radius 3 is 2.46 bits per heavy atom. The number of aliphatic hydroxyl groups excluding tert-OH is 1. The third kappa shape index (κ3) is 2.93. The van der Waals surface area contributed by atoms with Gasteiger partial charge in [0.15, 0.2) is 6.29 Å². The van der Waals surface area contributed by atoms with E-state index in [0.29, 0.717) is 0 Å². The first-order valence-corrected chi connectivity index (χ1v) is 5.09. The van der Waals surface area contributed by atoms with Crippen LogP contribution in [0.3, 0.4) is 0 Å². The maximum atomic E-state index is 9.42. The molecule has 1 rings (SSSR count). The Labute approximate surface area is 80.5 Å². The molecule has 13 heavy (non-hydrogen) atoms. The number of piperidine rings is 1. The predicted molar refractivity (Wildman–Crippen MR) is 52.4 cm³/mol. The average molecular weight is 187 g/mol. The second-order valence-electron chi connectivity index (χ2n) is 4.22. The van der Waals surface area contributed by atoms with E-state index in [-0.39, 0.29) is 6.04 Å². The molecule has 1 heterocycles. The minimum absolute atomic E-state index is 0.125. The molecule has 1 aliphatic heterocycles. The van der Waals surface area contributed by atoms with Crippen LogP contribution in [-0.2, 0) is 4.74 Å². The monoisotopic (exact) mass is 187 g/mol. The maximum absolute atomic E-state index is 9.42. The summed E-state index contributed by atoms with van der Waals surface area (Å²) in [4.78, 5) is 0. The summed E-state index contributed by atoms with van der Waals surface area (Å²) in [5.41, 5.74) is 0. The number of aliphatic hydroxyl groups is 1. The lowest BCUT2D eigenvalue weighted by Gasteiger charge is -2.33. The van der Waals surface area contributed by atoms with E-state index in [1.54, 1.807) is 7.11 Å². The molecule has 0 aromatic rings. The zero-order valence-electron chi connectivity index (χ0n) is 8.79. The SMILES string of the molecule is COC(O)C1CCC(C(C)C)CN1. The number of ether oxygens (including phenoxy) is 1. The number of rotatable bonds is 3. The molecular formula is C10H21NO2. The van der Waals surface area contributed by atoms with Crippen molar-refractivity contribution in [3.8, 4) is 0 Å². The highest BCUT2D eigenvalue weighted by molar-refractivity contribution is 4.80. The van der Waals surface area contributed by atoms with Crippen LogP contribution in [0.25, 0.3) is 0 Å². The first-order valence-electron chi connectivity index (χ1n) is 5.09. The van der Waals surface area contributed by atoms with Crippen molar-refractivity contribution in [1.29, 1.82) is 0 Å². The van der Waals surface area contributed by atoms with E-state index >= 15 is 0 Å². The molecule has 1 fully saturated rings. The summed E-state index contributed by atoms with van der Waals surface area (Å²) < 4.78 is 4.88. The van der Waals surface area contributed by atoms with E-state index in [9.17, 15) is 5.11 Å². The lowest BCUT2D eigenvalue weighted by molar-refractivity contribution is -0.104. The molecule has 1 saturated heterocycles. The molecule has 0 aromatic carbocycles. The van der Waals surface area contributed by atoms with E-state index in [0.717, 1.165) is 24.8 Å². The maximum Gasteiger partial charge on any atom is 0.169 e. The summed E-state index contributed by atoms with van der Waals surface area (Å²) >= 11 is 0. The standard InChI is InChI=1S/C10H21NO2/c1-7(2)8-4-5-9(11-6-8)10(12)13-3/h7-12H,4-6H2,1-3H3. The molecule has 2 N–H and O–H groups in total. The van der Waals surface area contributed by atoms with Crippen LogP contribution in [-0.4, -0.2) is 31.1 Å². The zero-order valence-corrected chi connectivity index (χ0v) is 8.79. The lowest BCUT2D eigenvalue weighted by atomic mass is 9.86. The van der Waals surface area contributed by atoms with Crippen molar-refractivity contribution in [1.82, 2.24) is 5.32 Å². The van der Waals surface area contributed by atoms with Crippen molar-refractivity contribution < 1.29 is 9.84 Å². The van der Waals surface area contributed by atoms with Gasteiger partial charge < -0.3 is 15.2 Å². The van der Waals surface area contributed by atoms with Gasteiger partial charge >= 0.3 is 0 Å². The molecule has 3 unspecified atom stereocenters. The van der Waals surface area contributed by atoms with E-state index < -0.39 is 6.29 Å². The third-order valence-electron chi connectivity index (χ3n) is 3.02. The van der Waals surface area contributed by atoms with E-state index in [4.69, 9.17) is 4.74 Å². The highest BCUT2D eigenvalue weighted by Gasteiger charge is 2.26. The molecule has 3 heteroatoms. The van der Waals surface area contributed by atoms with Gasteiger partial charge in [0.25, 0.3) is 0 Å². The smallest absolute Gasteiger partial charge is 0.169 e. The van der Waals surface area contributed by atoms with E-state index in [1.807, 2.05) is 0 Å². The Morgan fingerprint density at radius 1 is 1.38 bits per heavy atom. The first-order chi connectivity index (χ1) is 6.15. The molecule has 0 saturated carbocycles. The normalized spacial score (nSPS) is 32.1. The van der Waals surface area contributed by atoms with Crippen molar-refractivity contribution in [2.24, 2.45) is 11.8 Å². The largest absolute Gasteiger partial charge is 0.367 e. The molecular weight excluding hydrogens is 166 g/mol. The highest BCUT2D eigenvalue weighted by atomic mass is 16.6. The molecule has 0 amide bonds. The van der Waals surface area contributed by atoms with Crippen LogP contribution in [0.4, 0.5) is 0 Å². The molecule has 0 radical (unpaired) electrons. The van der Waals surface area contributed by atoms with Crippen molar-refractivity contribution in [2.75, 3.05) is 13.7 Å². The second-order valence-corrected chi connectivity index (χ2v) is 4.22. The van der Waals surface area contributed by atoms with Gasteiger partial charge in [0.1, 0.15) is 0 Å². The van der Waals surface area contributed by atoms with Gasteiger partial charge in [-0.05, 0) is 31.2 Å². The van der Waals surface area contributed by atoms with Gasteiger partial charge in [0, 0.05) is 7.11 Å². The van der Waals surface area contributed by atoms with E-state index in [1.165, 1.54) is 6.42 Å². The number of nitrogens with one attached hydrogen (secondary N) is 1. The quantitative estimate of drug-likeness (QED) is 0.647. The van der Waals surface area contributed by atoms with Crippen LogP contribution in [0.15, 0.2) is 0 Å². The van der Waals surface area contributed by atoms with Gasteiger partial charge in [-0.2, -0.15) is 0 Å². The van der Waals surface area contributed by atoms with Gasteiger partial charge in [-0.3, -0.25) is 0 Å². The van der Waals surface area contributed by atoms with Crippen LogP contribution >= 0.6 is 0 Å². The summed E-state index contributed by atoms with van der Waals surface area (Å²) in [6, 6.07) is 0.125. The lowest BCUT2D eigenvalue weighted by Crippen LogP contribution is -2.47. The van der Waals surface area contributed by atoms with Crippen LogP contribution in [0.5, 0.6) is 0 Å². The molecule has 3 nitrogen and oxygen atoms in total. The fraction of sp³-hybridized carbons (Fsp3) is 1.00. The summed E-state index contributed by atoms with van der Waals surface area (Å²) in [6.07, 6.45) is 1.56. The average Bonchev–Trinajstić information content (AvgIpc) is 2.17. The van der Waals surface area contributed by atoms with E-state index in [2.05, 4.69) is 19.2 Å². The van der Waals surface area contributed by atoms with Gasteiger partial charge in [0.05, 0.1) is 6.04 Å². The van der Waals surface area contributed by atoms with Gasteiger partial charge in [-0.15, -0.1) is 0 Å². The molecule has 1 aliphatic rings. The number of hydrogen-bond donors (Lipinski definition) is 2. The molecule has 0 aromatic heterocycles. The molecule has 78 valence electrons. The Bertz CT molecular complexity index is 142. The van der Waals surface area contributed by atoms with Gasteiger partial charge in [0.2, 0.25) is 0 Å². The highest BCUT2D eigenvalue weighted by Crippen LogP contribution is 2.22. The molecule has 3 atom stereocenters. The Kier molecular flexibility index (Phi) is 4.16. The fourth-order valence-corrected chi connectivity index (χ4v) is 1.88. The Morgan fingerprint density at radius 2 is 2.08 bits per heavy atom. The fourth-order valence-electron chi connectivity index (χ4n) is 1.88. The first kappa shape index (κ1) is 11.0. The van der Waals surface area contributed by atoms with Crippen LogP contribution < -0.4 is 5.32 Å². The molecule has 0 aliphatic carbocycles. The minimum atomic E-state index is -0.645. The Hall–Kier alpha value is -0.120. The number of hydrogen-bond acceptors (Lipinski definition) is 3. The molecule has 0 bridgehead atoms. The van der Waals surface area contributed by atoms with Crippen molar-refractivity contribution in [3.63, 3.8) is 0 Å².